The van der Waals surface area contributed by atoms with Gasteiger partial charge in [0.25, 0.3) is 0 Å². The monoisotopic (exact) mass is 554 g/mol. The summed E-state index contributed by atoms with van der Waals surface area (Å²) in [4.78, 5) is 16.8. The minimum Gasteiger partial charge on any atom is -0.324 e. The lowest BCUT2D eigenvalue weighted by Crippen LogP contribution is -2.15. The molecule has 0 fully saturated rings. The van der Waals surface area contributed by atoms with Gasteiger partial charge in [-0.3, -0.25) is 4.98 Å². The molecule has 0 saturated carbocycles. The minimum absolute atomic E-state index is 0.101. The lowest BCUT2D eigenvalue weighted by atomic mass is 10.0. The van der Waals surface area contributed by atoms with E-state index in [2.05, 4.69) is 30.6 Å². The van der Waals surface area contributed by atoms with E-state index in [9.17, 15) is 26.3 Å². The van der Waals surface area contributed by atoms with Gasteiger partial charge in [0.1, 0.15) is 17.5 Å². The van der Waals surface area contributed by atoms with Crippen LogP contribution in [-0.4, -0.2) is 19.9 Å². The van der Waals surface area contributed by atoms with Crippen LogP contribution >= 0.6 is 0 Å². The molecular weight excluding hydrogens is 534 g/mol. The molecule has 204 valence electrons. The Labute approximate surface area is 224 Å². The number of hydrogen-bond acceptors (Lipinski definition) is 6. The summed E-state index contributed by atoms with van der Waals surface area (Å²) in [5, 5.41) is 6.57. The number of aromatic nitrogens is 4. The maximum Gasteiger partial charge on any atom is 0.418 e. The van der Waals surface area contributed by atoms with Crippen LogP contribution < -0.4 is 10.6 Å². The molecule has 5 aromatic rings. The topological polar surface area (TPSA) is 75.6 Å². The standard InChI is InChI=1S/C28H20F6N6/c29-27(30,31)19-9-11-23(37-15-19)39-26-20-10-8-18(25-21(28(32,33)34)7-4-12-36-25)13-22(20)38-24(40-26)16-35-14-17-5-2-1-3-6-17/h1-13,15,35H,14,16H2,(H,37,38,39,40). The molecule has 0 saturated heterocycles. The second-order valence-electron chi connectivity index (χ2n) is 8.76. The highest BCUT2D eigenvalue weighted by atomic mass is 19.4. The third-order valence-corrected chi connectivity index (χ3v) is 5.92. The first kappa shape index (κ1) is 27.0. The summed E-state index contributed by atoms with van der Waals surface area (Å²) in [6.07, 6.45) is -7.18. The third-order valence-electron chi connectivity index (χ3n) is 5.92. The first-order chi connectivity index (χ1) is 19.1. The van der Waals surface area contributed by atoms with Gasteiger partial charge < -0.3 is 10.6 Å². The van der Waals surface area contributed by atoms with Crippen molar-refractivity contribution in [2.75, 3.05) is 5.32 Å². The predicted octanol–water partition coefficient (Wildman–Crippen LogP) is 7.16. The lowest BCUT2D eigenvalue weighted by Gasteiger charge is -2.14. The number of nitrogens with zero attached hydrogens (tertiary/aromatic N) is 4. The normalized spacial score (nSPS) is 12.1. The van der Waals surface area contributed by atoms with Gasteiger partial charge in [0.15, 0.2) is 0 Å². The maximum absolute atomic E-state index is 13.6. The van der Waals surface area contributed by atoms with Crippen molar-refractivity contribution in [3.63, 3.8) is 0 Å². The second kappa shape index (κ2) is 10.9. The molecule has 0 aliphatic heterocycles. The first-order valence-corrected chi connectivity index (χ1v) is 12.0. The van der Waals surface area contributed by atoms with Gasteiger partial charge in [-0.05, 0) is 42.0 Å². The predicted molar refractivity (Wildman–Crippen MR) is 137 cm³/mol. The van der Waals surface area contributed by atoms with E-state index in [4.69, 9.17) is 0 Å². The van der Waals surface area contributed by atoms with Crippen molar-refractivity contribution in [1.29, 1.82) is 0 Å². The number of halogens is 6. The average molecular weight is 554 g/mol. The van der Waals surface area contributed by atoms with Crippen LogP contribution in [0.2, 0.25) is 0 Å². The van der Waals surface area contributed by atoms with Crippen LogP contribution in [0.5, 0.6) is 0 Å². The van der Waals surface area contributed by atoms with Crippen molar-refractivity contribution in [1.82, 2.24) is 25.3 Å². The van der Waals surface area contributed by atoms with Crippen LogP contribution in [0.4, 0.5) is 38.0 Å². The Balaban J connectivity index is 1.52. The van der Waals surface area contributed by atoms with Crippen LogP contribution in [0.15, 0.2) is 85.2 Å². The van der Waals surface area contributed by atoms with Gasteiger partial charge in [0, 0.05) is 29.9 Å². The van der Waals surface area contributed by atoms with Gasteiger partial charge in [-0.1, -0.05) is 36.4 Å². The highest BCUT2D eigenvalue weighted by Gasteiger charge is 2.34. The zero-order valence-electron chi connectivity index (χ0n) is 20.6. The lowest BCUT2D eigenvalue weighted by molar-refractivity contribution is -0.138. The van der Waals surface area contributed by atoms with E-state index in [0.29, 0.717) is 29.5 Å². The van der Waals surface area contributed by atoms with Crippen molar-refractivity contribution >= 4 is 22.5 Å². The van der Waals surface area contributed by atoms with Crippen molar-refractivity contribution < 1.29 is 26.3 Å². The molecule has 3 aromatic heterocycles. The Morgan fingerprint density at radius 3 is 2.23 bits per heavy atom. The number of benzene rings is 2. The Morgan fingerprint density at radius 1 is 0.725 bits per heavy atom. The summed E-state index contributed by atoms with van der Waals surface area (Å²) in [6, 6.07) is 18.3. The second-order valence-corrected chi connectivity index (χ2v) is 8.76. The van der Waals surface area contributed by atoms with Crippen molar-refractivity contribution in [3.8, 4) is 11.3 Å². The Bertz CT molecular complexity index is 1620. The number of alkyl halides is 6. The van der Waals surface area contributed by atoms with Crippen LogP contribution in [0.3, 0.4) is 0 Å². The highest BCUT2D eigenvalue weighted by Crippen LogP contribution is 2.37. The summed E-state index contributed by atoms with van der Waals surface area (Å²) in [5.41, 5.74) is -0.513. The molecule has 40 heavy (non-hydrogen) atoms. The molecule has 0 aliphatic rings. The van der Waals surface area contributed by atoms with E-state index in [1.165, 1.54) is 36.5 Å². The van der Waals surface area contributed by atoms with Crippen molar-refractivity contribution in [2.45, 2.75) is 25.4 Å². The van der Waals surface area contributed by atoms with Crippen LogP contribution in [0.25, 0.3) is 22.2 Å². The Morgan fingerprint density at radius 2 is 1.52 bits per heavy atom. The van der Waals surface area contributed by atoms with Gasteiger partial charge in [0.2, 0.25) is 0 Å². The van der Waals surface area contributed by atoms with Crippen LogP contribution in [0, 0.1) is 0 Å². The molecule has 0 aliphatic carbocycles. The molecular formula is C28H20F6N6. The van der Waals surface area contributed by atoms with Gasteiger partial charge >= 0.3 is 12.4 Å². The first-order valence-electron chi connectivity index (χ1n) is 12.0. The number of hydrogen-bond donors (Lipinski definition) is 2. The zero-order chi connectivity index (χ0) is 28.3. The van der Waals surface area contributed by atoms with E-state index in [1.807, 2.05) is 30.3 Å². The van der Waals surface area contributed by atoms with Gasteiger partial charge in [0.05, 0.1) is 28.9 Å². The molecule has 0 amide bonds. The van der Waals surface area contributed by atoms with Gasteiger partial charge in [-0.15, -0.1) is 0 Å². The number of anilines is 2. The van der Waals surface area contributed by atoms with Crippen molar-refractivity contribution in [3.05, 3.63) is 108 Å². The number of rotatable bonds is 7. The van der Waals surface area contributed by atoms with E-state index >= 15 is 0 Å². The SMILES string of the molecule is FC(F)(F)c1ccc(Nc2nc(CNCc3ccccc3)nc3cc(-c4ncccc4C(F)(F)F)ccc23)nc1. The smallest absolute Gasteiger partial charge is 0.324 e. The quantitative estimate of drug-likeness (QED) is 0.208. The van der Waals surface area contributed by atoms with Gasteiger partial charge in [-0.25, -0.2) is 15.0 Å². The van der Waals surface area contributed by atoms with E-state index in [1.54, 1.807) is 0 Å². The molecule has 12 heteroatoms. The molecule has 2 N–H and O–H groups in total. The molecule has 3 heterocycles. The Kier molecular flexibility index (Phi) is 7.35. The summed E-state index contributed by atoms with van der Waals surface area (Å²) in [6.45, 7) is 0.718. The molecule has 2 aromatic carbocycles. The van der Waals surface area contributed by atoms with Crippen LogP contribution in [-0.2, 0) is 25.4 Å². The molecule has 0 unspecified atom stereocenters. The fourth-order valence-electron chi connectivity index (χ4n) is 4.03. The van der Waals surface area contributed by atoms with Gasteiger partial charge in [-0.2, -0.15) is 26.3 Å². The molecule has 6 nitrogen and oxygen atoms in total. The molecule has 0 atom stereocenters. The third kappa shape index (κ3) is 6.18. The van der Waals surface area contributed by atoms with Crippen molar-refractivity contribution in [2.24, 2.45) is 0 Å². The van der Waals surface area contributed by atoms with E-state index < -0.39 is 23.5 Å². The minimum atomic E-state index is -4.61. The summed E-state index contributed by atoms with van der Waals surface area (Å²) < 4.78 is 79.8. The molecule has 0 radical (unpaired) electrons. The summed E-state index contributed by atoms with van der Waals surface area (Å²) in [7, 11) is 0. The van der Waals surface area contributed by atoms with Crippen LogP contribution in [0.1, 0.15) is 22.5 Å². The number of pyridine rings is 2. The van der Waals surface area contributed by atoms with E-state index in [0.717, 1.165) is 17.7 Å². The fraction of sp³-hybridized carbons (Fsp3) is 0.143. The average Bonchev–Trinajstić information content (AvgIpc) is 2.93. The summed E-state index contributed by atoms with van der Waals surface area (Å²) >= 11 is 0. The molecule has 5 rings (SSSR count). The number of nitrogens with one attached hydrogen (secondary N) is 2. The summed E-state index contributed by atoms with van der Waals surface area (Å²) in [5.74, 6) is 0.647. The maximum atomic E-state index is 13.6. The zero-order valence-corrected chi connectivity index (χ0v) is 20.6. The fourth-order valence-corrected chi connectivity index (χ4v) is 4.03. The van der Waals surface area contributed by atoms with E-state index in [-0.39, 0.29) is 29.4 Å². The number of fused-ring (bicyclic) bond motifs is 1. The largest absolute Gasteiger partial charge is 0.418 e. The Hall–Kier alpha value is -4.58. The molecule has 0 bridgehead atoms. The highest BCUT2D eigenvalue weighted by molar-refractivity contribution is 5.93. The molecule has 0 spiro atoms.